The zero-order valence-corrected chi connectivity index (χ0v) is 14.0. The lowest BCUT2D eigenvalue weighted by Gasteiger charge is -2.33. The molecule has 126 valence electrons. The van der Waals surface area contributed by atoms with Gasteiger partial charge in [0.2, 0.25) is 0 Å². The van der Waals surface area contributed by atoms with Crippen LogP contribution in [0.4, 0.5) is 0 Å². The fraction of sp³-hybridized carbons (Fsp3) is 0.375. The van der Waals surface area contributed by atoms with Gasteiger partial charge in [-0.15, -0.1) is 0 Å². The normalized spacial score (nSPS) is 16.5. The van der Waals surface area contributed by atoms with Crippen LogP contribution in [0.2, 0.25) is 0 Å². The average Bonchev–Trinajstić information content (AvgIpc) is 3.09. The van der Waals surface area contributed by atoms with E-state index in [1.165, 1.54) is 6.33 Å². The van der Waals surface area contributed by atoms with E-state index in [-0.39, 0.29) is 5.91 Å². The highest BCUT2D eigenvalue weighted by molar-refractivity contribution is 7.99. The predicted molar refractivity (Wildman–Crippen MR) is 90.5 cm³/mol. The van der Waals surface area contributed by atoms with E-state index in [0.717, 1.165) is 22.8 Å². The summed E-state index contributed by atoms with van der Waals surface area (Å²) in [5, 5.41) is 16.4. The molecule has 0 unspecified atom stereocenters. The zero-order chi connectivity index (χ0) is 17.2. The van der Waals surface area contributed by atoms with Crippen molar-refractivity contribution in [1.82, 2.24) is 20.1 Å². The van der Waals surface area contributed by atoms with Crippen molar-refractivity contribution in [2.45, 2.75) is 25.3 Å². The smallest absolute Gasteiger partial charge is 0.329 e. The fourth-order valence-electron chi connectivity index (χ4n) is 2.78. The molecule has 1 fully saturated rings. The van der Waals surface area contributed by atoms with Crippen LogP contribution in [0.1, 0.15) is 28.8 Å². The first-order valence-corrected chi connectivity index (χ1v) is 8.77. The largest absolute Gasteiger partial charge is 0.480 e. The number of carboxylic acids is 1. The van der Waals surface area contributed by atoms with Gasteiger partial charge in [0.1, 0.15) is 18.2 Å². The summed E-state index contributed by atoms with van der Waals surface area (Å²) in [5.41, 5.74) is 0.854. The van der Waals surface area contributed by atoms with Gasteiger partial charge >= 0.3 is 5.97 Å². The number of carboxylic acid groups (broad SMARTS) is 1. The molecule has 7 nitrogen and oxygen atoms in total. The van der Waals surface area contributed by atoms with E-state index >= 15 is 0 Å². The number of hydrogen-bond acceptors (Lipinski definition) is 5. The van der Waals surface area contributed by atoms with Gasteiger partial charge < -0.3 is 10.4 Å². The van der Waals surface area contributed by atoms with Crippen LogP contribution < -0.4 is 5.32 Å². The molecule has 0 spiro atoms. The van der Waals surface area contributed by atoms with Crippen LogP contribution in [0.5, 0.6) is 0 Å². The molecule has 2 N–H and O–H groups in total. The standard InChI is InChI=1S/C16H18N4O3S/c1-11-8-12(20-10-17-9-18-20)2-3-13(11)14(21)19-16(15(22)23)4-6-24-7-5-16/h2-3,8-10H,4-7H2,1H3,(H,19,21)(H,22,23). The maximum atomic E-state index is 12.6. The van der Waals surface area contributed by atoms with E-state index in [9.17, 15) is 14.7 Å². The third-order valence-corrected chi connectivity index (χ3v) is 5.23. The second-order valence-electron chi connectivity index (χ2n) is 5.79. The molecule has 2 aromatic rings. The van der Waals surface area contributed by atoms with E-state index in [1.807, 2.05) is 13.0 Å². The van der Waals surface area contributed by atoms with Crippen molar-refractivity contribution in [1.29, 1.82) is 0 Å². The Morgan fingerprint density at radius 2 is 2.08 bits per heavy atom. The van der Waals surface area contributed by atoms with Gasteiger partial charge in [0.15, 0.2) is 0 Å². The Morgan fingerprint density at radius 1 is 1.33 bits per heavy atom. The van der Waals surface area contributed by atoms with E-state index in [1.54, 1.807) is 34.9 Å². The summed E-state index contributed by atoms with van der Waals surface area (Å²) < 4.78 is 1.60. The van der Waals surface area contributed by atoms with E-state index in [2.05, 4.69) is 15.4 Å². The number of benzene rings is 1. The maximum absolute atomic E-state index is 12.6. The number of amides is 1. The van der Waals surface area contributed by atoms with Crippen LogP contribution in [0.25, 0.3) is 5.69 Å². The van der Waals surface area contributed by atoms with E-state index in [4.69, 9.17) is 0 Å². The number of nitrogens with zero attached hydrogens (tertiary/aromatic N) is 3. The predicted octanol–water partition coefficient (Wildman–Crippen LogP) is 1.66. The zero-order valence-electron chi connectivity index (χ0n) is 13.2. The molecule has 0 saturated carbocycles. The molecule has 0 radical (unpaired) electrons. The Morgan fingerprint density at radius 3 is 2.67 bits per heavy atom. The van der Waals surface area contributed by atoms with Crippen molar-refractivity contribution < 1.29 is 14.7 Å². The number of carbonyl (C=O) groups excluding carboxylic acids is 1. The second-order valence-corrected chi connectivity index (χ2v) is 7.02. The Bertz CT molecular complexity index is 755. The second kappa shape index (κ2) is 6.64. The van der Waals surface area contributed by atoms with Gasteiger partial charge in [0.25, 0.3) is 5.91 Å². The summed E-state index contributed by atoms with van der Waals surface area (Å²) in [4.78, 5) is 28.2. The molecule has 1 aliphatic heterocycles. The van der Waals surface area contributed by atoms with Gasteiger partial charge in [-0.2, -0.15) is 16.9 Å². The van der Waals surface area contributed by atoms with Crippen molar-refractivity contribution in [3.8, 4) is 5.69 Å². The van der Waals surface area contributed by atoms with Crippen LogP contribution >= 0.6 is 11.8 Å². The molecule has 0 aliphatic carbocycles. The molecule has 1 saturated heterocycles. The molecule has 1 aromatic heterocycles. The average molecular weight is 346 g/mol. The van der Waals surface area contributed by atoms with Crippen LogP contribution in [-0.2, 0) is 4.79 Å². The van der Waals surface area contributed by atoms with Crippen molar-refractivity contribution in [2.24, 2.45) is 0 Å². The molecule has 8 heteroatoms. The van der Waals surface area contributed by atoms with Gasteiger partial charge in [0.05, 0.1) is 5.69 Å². The minimum absolute atomic E-state index is 0.355. The van der Waals surface area contributed by atoms with Gasteiger partial charge in [-0.1, -0.05) is 0 Å². The summed E-state index contributed by atoms with van der Waals surface area (Å²) in [7, 11) is 0. The minimum atomic E-state index is -1.17. The molecule has 1 aliphatic rings. The SMILES string of the molecule is Cc1cc(-n2cncn2)ccc1C(=O)NC1(C(=O)O)CCSCC1. The molecule has 2 heterocycles. The molecule has 0 bridgehead atoms. The van der Waals surface area contributed by atoms with Gasteiger partial charge in [-0.3, -0.25) is 4.79 Å². The van der Waals surface area contributed by atoms with Crippen molar-refractivity contribution in [3.63, 3.8) is 0 Å². The number of carbonyl (C=O) groups is 2. The number of hydrogen-bond donors (Lipinski definition) is 2. The van der Waals surface area contributed by atoms with E-state index < -0.39 is 11.5 Å². The Labute approximate surface area is 143 Å². The summed E-state index contributed by atoms with van der Waals surface area (Å²) in [5.74, 6) is 0.146. The lowest BCUT2D eigenvalue weighted by atomic mass is 9.91. The topological polar surface area (TPSA) is 97.1 Å². The Balaban J connectivity index is 1.83. The quantitative estimate of drug-likeness (QED) is 0.874. The highest BCUT2D eigenvalue weighted by Crippen LogP contribution is 2.28. The van der Waals surface area contributed by atoms with Gasteiger partial charge in [-0.05, 0) is 55.0 Å². The van der Waals surface area contributed by atoms with Gasteiger partial charge in [0, 0.05) is 5.56 Å². The highest BCUT2D eigenvalue weighted by Gasteiger charge is 2.41. The maximum Gasteiger partial charge on any atom is 0.329 e. The first-order chi connectivity index (χ1) is 11.5. The number of thioether (sulfide) groups is 1. The molecule has 1 aromatic carbocycles. The molecule has 1 amide bonds. The number of aryl methyl sites for hydroxylation is 1. The molecule has 0 atom stereocenters. The highest BCUT2D eigenvalue weighted by atomic mass is 32.2. The van der Waals surface area contributed by atoms with Crippen LogP contribution in [0, 0.1) is 6.92 Å². The monoisotopic (exact) mass is 346 g/mol. The molecular weight excluding hydrogens is 328 g/mol. The number of aliphatic carboxylic acids is 1. The lowest BCUT2D eigenvalue weighted by molar-refractivity contribution is -0.144. The summed E-state index contributed by atoms with van der Waals surface area (Å²) in [6.45, 7) is 1.82. The summed E-state index contributed by atoms with van der Waals surface area (Å²) in [6, 6.07) is 5.28. The summed E-state index contributed by atoms with van der Waals surface area (Å²) in [6.07, 6.45) is 3.89. The first kappa shape index (κ1) is 16.5. The Kier molecular flexibility index (Phi) is 4.57. The Hall–Kier alpha value is -2.35. The molecular formula is C16H18N4O3S. The number of aromatic nitrogens is 3. The van der Waals surface area contributed by atoms with Gasteiger partial charge in [-0.25, -0.2) is 14.5 Å². The van der Waals surface area contributed by atoms with Crippen molar-refractivity contribution in [3.05, 3.63) is 42.0 Å². The third-order valence-electron chi connectivity index (χ3n) is 4.25. The van der Waals surface area contributed by atoms with Crippen molar-refractivity contribution in [2.75, 3.05) is 11.5 Å². The minimum Gasteiger partial charge on any atom is -0.480 e. The first-order valence-electron chi connectivity index (χ1n) is 7.61. The van der Waals surface area contributed by atoms with Crippen molar-refractivity contribution >= 4 is 23.6 Å². The molecule has 24 heavy (non-hydrogen) atoms. The van der Waals surface area contributed by atoms with Crippen LogP contribution in [-0.4, -0.2) is 48.8 Å². The molecule has 3 rings (SSSR count). The summed E-state index contributed by atoms with van der Waals surface area (Å²) >= 11 is 1.71. The third kappa shape index (κ3) is 3.14. The number of rotatable bonds is 4. The number of nitrogens with one attached hydrogen (secondary N) is 1. The lowest BCUT2D eigenvalue weighted by Crippen LogP contribution is -2.56. The van der Waals surface area contributed by atoms with Crippen LogP contribution in [0.3, 0.4) is 0 Å². The fourth-order valence-corrected chi connectivity index (χ4v) is 3.97. The van der Waals surface area contributed by atoms with E-state index in [0.29, 0.717) is 18.4 Å². The van der Waals surface area contributed by atoms with Crippen LogP contribution in [0.15, 0.2) is 30.9 Å².